The smallest absolute Gasteiger partial charge is 0.270 e. The van der Waals surface area contributed by atoms with Gasteiger partial charge in [-0.05, 0) is 71.6 Å². The molecule has 0 bridgehead atoms. The Hall–Kier alpha value is -5.17. The molecule has 0 saturated heterocycles. The average molecular weight is 557 g/mol. The van der Waals surface area contributed by atoms with Gasteiger partial charge in [0.05, 0.1) is 20.2 Å². The minimum atomic E-state index is -0.0916. The van der Waals surface area contributed by atoms with Crippen molar-refractivity contribution < 1.29 is 14.3 Å². The fourth-order valence-electron chi connectivity index (χ4n) is 5.50. The van der Waals surface area contributed by atoms with Gasteiger partial charge in [0.1, 0.15) is 11.4 Å². The number of anilines is 1. The van der Waals surface area contributed by atoms with Crippen molar-refractivity contribution in [2.75, 3.05) is 25.6 Å². The van der Waals surface area contributed by atoms with Crippen LogP contribution in [-0.4, -0.2) is 47.0 Å². The number of fused-ring (bicyclic) bond motifs is 2. The molecule has 2 aromatic heterocycles. The lowest BCUT2D eigenvalue weighted by molar-refractivity contribution is 0.0786. The monoisotopic (exact) mass is 556 g/mol. The predicted octanol–water partition coefficient (Wildman–Crippen LogP) is 6.08. The van der Waals surface area contributed by atoms with Crippen molar-refractivity contribution in [3.63, 3.8) is 0 Å². The average Bonchev–Trinajstić information content (AvgIpc) is 3.36. The number of nitrogens with zero attached hydrogens (tertiary/aromatic N) is 4. The normalized spacial score (nSPS) is 12.2. The van der Waals surface area contributed by atoms with Crippen LogP contribution in [0.5, 0.6) is 5.75 Å². The van der Waals surface area contributed by atoms with Crippen molar-refractivity contribution in [3.8, 4) is 16.9 Å². The summed E-state index contributed by atoms with van der Waals surface area (Å²) in [5.74, 6) is 0.651. The van der Waals surface area contributed by atoms with Gasteiger partial charge in [-0.3, -0.25) is 14.6 Å². The molecule has 1 aliphatic heterocycles. The van der Waals surface area contributed by atoms with Crippen LogP contribution in [0, 0.1) is 0 Å². The first-order valence-corrected chi connectivity index (χ1v) is 14.0. The number of para-hydroxylation sites is 2. The van der Waals surface area contributed by atoms with Crippen molar-refractivity contribution >= 4 is 17.5 Å². The Bertz CT molecular complexity index is 1730. The second-order valence-corrected chi connectivity index (χ2v) is 10.4. The molecular formula is C35H32N4O3. The maximum absolute atomic E-state index is 14.0. The highest BCUT2D eigenvalue weighted by Gasteiger charge is 2.28. The number of aromatic nitrogens is 2. The van der Waals surface area contributed by atoms with Crippen LogP contribution < -0.4 is 9.64 Å². The summed E-state index contributed by atoms with van der Waals surface area (Å²) in [6, 6.07) is 31.2. The Morgan fingerprint density at radius 1 is 0.857 bits per heavy atom. The molecule has 42 heavy (non-hydrogen) atoms. The van der Waals surface area contributed by atoms with E-state index in [1.54, 1.807) is 24.4 Å². The summed E-state index contributed by atoms with van der Waals surface area (Å²) in [5, 5.41) is 0. The van der Waals surface area contributed by atoms with Gasteiger partial charge in [0.25, 0.3) is 11.8 Å². The number of methoxy groups -OCH3 is 1. The molecule has 0 unspecified atom stereocenters. The van der Waals surface area contributed by atoms with E-state index in [-0.39, 0.29) is 11.8 Å². The Kier molecular flexibility index (Phi) is 7.56. The lowest BCUT2D eigenvalue weighted by Crippen LogP contribution is -2.31. The van der Waals surface area contributed by atoms with Crippen molar-refractivity contribution in [1.29, 1.82) is 0 Å². The first-order valence-electron chi connectivity index (χ1n) is 14.0. The fourth-order valence-corrected chi connectivity index (χ4v) is 5.50. The number of ether oxygens (including phenoxy) is 1. The third kappa shape index (κ3) is 5.29. The zero-order valence-corrected chi connectivity index (χ0v) is 23.7. The van der Waals surface area contributed by atoms with Crippen LogP contribution in [0.4, 0.5) is 5.69 Å². The third-order valence-electron chi connectivity index (χ3n) is 7.85. The van der Waals surface area contributed by atoms with Crippen LogP contribution in [0.1, 0.15) is 37.7 Å². The van der Waals surface area contributed by atoms with Gasteiger partial charge in [-0.25, -0.2) is 0 Å². The number of pyridine rings is 1. The summed E-state index contributed by atoms with van der Waals surface area (Å²) in [6.45, 7) is 1.46. The van der Waals surface area contributed by atoms with Gasteiger partial charge in [0, 0.05) is 48.5 Å². The Balaban J connectivity index is 1.26. The van der Waals surface area contributed by atoms with E-state index in [2.05, 4.69) is 4.98 Å². The molecule has 0 fully saturated rings. The summed E-state index contributed by atoms with van der Waals surface area (Å²) in [7, 11) is 3.49. The van der Waals surface area contributed by atoms with Crippen molar-refractivity contribution in [2.45, 2.75) is 19.5 Å². The van der Waals surface area contributed by atoms with E-state index >= 15 is 0 Å². The first-order chi connectivity index (χ1) is 20.5. The Morgan fingerprint density at radius 3 is 2.38 bits per heavy atom. The van der Waals surface area contributed by atoms with E-state index in [0.717, 1.165) is 45.8 Å². The highest BCUT2D eigenvalue weighted by Crippen LogP contribution is 2.32. The van der Waals surface area contributed by atoms with E-state index < -0.39 is 0 Å². The zero-order chi connectivity index (χ0) is 29.1. The van der Waals surface area contributed by atoms with Gasteiger partial charge >= 0.3 is 0 Å². The second kappa shape index (κ2) is 11.7. The van der Waals surface area contributed by atoms with Gasteiger partial charge in [0.15, 0.2) is 0 Å². The number of likely N-dealkylation sites (N-methyl/N-ethyl adjacent to an activating group) is 1. The quantitative estimate of drug-likeness (QED) is 0.244. The lowest BCUT2D eigenvalue weighted by Gasteiger charge is -2.23. The molecule has 0 atom stereocenters. The molecule has 7 nitrogen and oxygen atoms in total. The molecule has 7 heteroatoms. The van der Waals surface area contributed by atoms with E-state index in [9.17, 15) is 9.59 Å². The first kappa shape index (κ1) is 27.0. The van der Waals surface area contributed by atoms with Crippen molar-refractivity contribution in [2.24, 2.45) is 0 Å². The lowest BCUT2D eigenvalue weighted by atomic mass is 10.0. The van der Waals surface area contributed by atoms with Crippen molar-refractivity contribution in [3.05, 3.63) is 138 Å². The maximum Gasteiger partial charge on any atom is 0.270 e. The van der Waals surface area contributed by atoms with E-state index in [0.29, 0.717) is 30.9 Å². The van der Waals surface area contributed by atoms with Gasteiger partial charge in [-0.15, -0.1) is 0 Å². The molecule has 0 N–H and O–H groups in total. The summed E-state index contributed by atoms with van der Waals surface area (Å²) in [5.41, 5.74) is 7.05. The number of hydrogen-bond acceptors (Lipinski definition) is 4. The third-order valence-corrected chi connectivity index (χ3v) is 7.85. The summed E-state index contributed by atoms with van der Waals surface area (Å²) >= 11 is 0. The predicted molar refractivity (Wildman–Crippen MR) is 164 cm³/mol. The summed E-state index contributed by atoms with van der Waals surface area (Å²) in [4.78, 5) is 35.2. The molecule has 3 aromatic carbocycles. The Labute approximate surface area is 245 Å². The van der Waals surface area contributed by atoms with Crippen LogP contribution in [-0.2, 0) is 19.5 Å². The number of hydrogen-bond donors (Lipinski definition) is 0. The number of carbonyl (C=O) groups excluding carboxylic acids is 2. The Morgan fingerprint density at radius 2 is 1.60 bits per heavy atom. The van der Waals surface area contributed by atoms with Crippen molar-refractivity contribution in [1.82, 2.24) is 14.5 Å². The van der Waals surface area contributed by atoms with E-state index in [1.165, 1.54) is 0 Å². The highest BCUT2D eigenvalue weighted by molar-refractivity contribution is 6.07. The molecule has 3 heterocycles. The fraction of sp³-hybridized carbons (Fsp3) is 0.171. The molecule has 6 rings (SSSR count). The topological polar surface area (TPSA) is 67.7 Å². The van der Waals surface area contributed by atoms with Gasteiger partial charge < -0.3 is 19.1 Å². The van der Waals surface area contributed by atoms with Gasteiger partial charge in [-0.1, -0.05) is 48.5 Å². The van der Waals surface area contributed by atoms with Crippen LogP contribution in [0.15, 0.2) is 109 Å². The molecule has 1 aliphatic rings. The largest absolute Gasteiger partial charge is 0.496 e. The summed E-state index contributed by atoms with van der Waals surface area (Å²) in [6.07, 6.45) is 4.28. The molecule has 0 aliphatic carbocycles. The molecular weight excluding hydrogens is 524 g/mol. The zero-order valence-electron chi connectivity index (χ0n) is 23.7. The SMILES string of the molecule is COc1ccccc1-c1ccc(C(=O)N2Cc3ccc(C(=O)N(C)CCc4ccncc4)n3Cc3ccccc32)cc1. The highest BCUT2D eigenvalue weighted by atomic mass is 16.5. The van der Waals surface area contributed by atoms with E-state index in [4.69, 9.17) is 4.74 Å². The number of rotatable bonds is 7. The van der Waals surface area contributed by atoms with Crippen LogP contribution in [0.3, 0.4) is 0 Å². The van der Waals surface area contributed by atoms with E-state index in [1.807, 2.05) is 114 Å². The number of amides is 2. The molecule has 210 valence electrons. The van der Waals surface area contributed by atoms with Crippen LogP contribution in [0.2, 0.25) is 0 Å². The molecule has 0 spiro atoms. The molecule has 0 saturated carbocycles. The van der Waals surface area contributed by atoms with Gasteiger partial charge in [-0.2, -0.15) is 0 Å². The minimum Gasteiger partial charge on any atom is -0.496 e. The maximum atomic E-state index is 14.0. The number of carbonyl (C=O) groups is 2. The number of benzene rings is 3. The standard InChI is InChI=1S/C35H32N4O3/c1-37(22-19-25-17-20-36-21-18-25)35(41)32-16-15-29-24-39(31-9-5-3-7-28(31)23-38(29)32)34(40)27-13-11-26(12-14-27)30-8-4-6-10-33(30)42-2/h3-18,20-21H,19,22-24H2,1-2H3. The van der Waals surface area contributed by atoms with Crippen LogP contribution >= 0.6 is 0 Å². The molecule has 2 amide bonds. The minimum absolute atomic E-state index is 0.0421. The second-order valence-electron chi connectivity index (χ2n) is 10.4. The molecule has 5 aromatic rings. The summed E-state index contributed by atoms with van der Waals surface area (Å²) < 4.78 is 7.56. The van der Waals surface area contributed by atoms with Crippen LogP contribution in [0.25, 0.3) is 11.1 Å². The molecule has 0 radical (unpaired) electrons. The van der Waals surface area contributed by atoms with Gasteiger partial charge in [0.2, 0.25) is 0 Å².